The first-order chi connectivity index (χ1) is 17.8. The summed E-state index contributed by atoms with van der Waals surface area (Å²) in [6.45, 7) is 4.42. The molecule has 0 atom stereocenters. The van der Waals surface area contributed by atoms with E-state index in [1.54, 1.807) is 12.1 Å². The highest BCUT2D eigenvalue weighted by Gasteiger charge is 2.95. The number of phenols is 1. The molecular formula is C18H15F17O4S2. The SMILES string of the molecule is CC[S+](CC)c1ccc(O)cc1.O=S(=O)([O-])C(F)(F)C(F)(F)C(F)(F)C(F)(F)C(F)(F)C(F)(F)C(F)(F)C(F)(F)F. The first kappa shape index (κ1) is 39.1. The highest BCUT2D eigenvalue weighted by Crippen LogP contribution is 2.64. The summed E-state index contributed by atoms with van der Waals surface area (Å²) in [5.41, 5.74) is 0. The van der Waals surface area contributed by atoms with E-state index in [0.717, 1.165) is 0 Å². The molecule has 1 aromatic rings. The Bertz CT molecular complexity index is 1130. The minimum atomic E-state index is -8.92. The quantitative estimate of drug-likeness (QED) is 0.166. The topological polar surface area (TPSA) is 77.4 Å². The molecule has 41 heavy (non-hydrogen) atoms. The Morgan fingerprint density at radius 1 is 0.610 bits per heavy atom. The molecule has 0 bridgehead atoms. The van der Waals surface area contributed by atoms with E-state index in [-0.39, 0.29) is 0 Å². The van der Waals surface area contributed by atoms with Gasteiger partial charge in [0.2, 0.25) is 0 Å². The van der Waals surface area contributed by atoms with Crippen LogP contribution in [0.3, 0.4) is 0 Å². The molecule has 1 N–H and O–H groups in total. The van der Waals surface area contributed by atoms with Crippen molar-refractivity contribution in [1.29, 1.82) is 0 Å². The van der Waals surface area contributed by atoms with Crippen molar-refractivity contribution in [3.05, 3.63) is 24.3 Å². The first-order valence-electron chi connectivity index (χ1n) is 9.91. The van der Waals surface area contributed by atoms with Crippen LogP contribution in [0.15, 0.2) is 29.2 Å². The molecule has 0 radical (unpaired) electrons. The minimum absolute atomic E-state index is 0.356. The van der Waals surface area contributed by atoms with Gasteiger partial charge in [0.1, 0.15) is 17.3 Å². The van der Waals surface area contributed by atoms with Crippen LogP contribution in [0.4, 0.5) is 74.6 Å². The number of halogens is 17. The summed E-state index contributed by atoms with van der Waals surface area (Å²) < 4.78 is 244. The molecule has 0 aliphatic carbocycles. The second-order valence-electron chi connectivity index (χ2n) is 7.48. The normalized spacial score (nSPS) is 15.0. The monoisotopic (exact) mass is 682 g/mol. The number of hydrogen-bond donors (Lipinski definition) is 1. The van der Waals surface area contributed by atoms with Crippen LogP contribution in [0.5, 0.6) is 5.75 Å². The third-order valence-corrected chi connectivity index (χ3v) is 8.09. The number of phenolic OH excluding ortho intramolecular Hbond substituents is 1. The minimum Gasteiger partial charge on any atom is -0.743 e. The summed E-state index contributed by atoms with van der Waals surface area (Å²) in [4.78, 5) is 1.36. The summed E-state index contributed by atoms with van der Waals surface area (Å²) in [7, 11) is -7.76. The molecule has 1 aromatic carbocycles. The highest BCUT2D eigenvalue weighted by molar-refractivity contribution is 7.96. The van der Waals surface area contributed by atoms with E-state index in [4.69, 9.17) is 5.11 Å². The number of aromatic hydroxyl groups is 1. The van der Waals surface area contributed by atoms with Crippen molar-refractivity contribution in [3.63, 3.8) is 0 Å². The molecule has 0 aliphatic heterocycles. The van der Waals surface area contributed by atoms with Crippen molar-refractivity contribution in [2.24, 2.45) is 0 Å². The molecule has 0 saturated heterocycles. The summed E-state index contributed by atoms with van der Waals surface area (Å²) in [5, 5.41) is 1.13. The Morgan fingerprint density at radius 3 is 1.17 bits per heavy atom. The Labute approximate surface area is 221 Å². The zero-order chi connectivity index (χ0) is 33.5. The number of rotatable bonds is 10. The maximum atomic E-state index is 13.0. The van der Waals surface area contributed by atoms with Gasteiger partial charge >= 0.3 is 47.0 Å². The van der Waals surface area contributed by atoms with Crippen molar-refractivity contribution in [1.82, 2.24) is 0 Å². The van der Waals surface area contributed by atoms with Crippen molar-refractivity contribution < 1.29 is 92.7 Å². The van der Waals surface area contributed by atoms with Crippen LogP contribution in [0, 0.1) is 0 Å². The third-order valence-electron chi connectivity index (χ3n) is 4.87. The van der Waals surface area contributed by atoms with Gasteiger partial charge in [-0.15, -0.1) is 0 Å². The lowest BCUT2D eigenvalue weighted by Crippen LogP contribution is -2.75. The van der Waals surface area contributed by atoms with Gasteiger partial charge in [0, 0.05) is 10.9 Å². The molecule has 4 nitrogen and oxygen atoms in total. The summed E-state index contributed by atoms with van der Waals surface area (Å²) in [6, 6.07) is 7.57. The van der Waals surface area contributed by atoms with Gasteiger partial charge in [0.05, 0.1) is 0 Å². The third kappa shape index (κ3) is 6.39. The largest absolute Gasteiger partial charge is 0.743 e. The van der Waals surface area contributed by atoms with E-state index in [1.165, 1.54) is 16.4 Å². The maximum absolute atomic E-state index is 13.0. The zero-order valence-electron chi connectivity index (χ0n) is 19.6. The number of hydrogen-bond acceptors (Lipinski definition) is 4. The fourth-order valence-corrected chi connectivity index (χ4v) is 4.52. The lowest BCUT2D eigenvalue weighted by atomic mass is 9.91. The Kier molecular flexibility index (Phi) is 11.1. The van der Waals surface area contributed by atoms with Gasteiger partial charge in [-0.3, -0.25) is 0 Å². The molecule has 0 heterocycles. The summed E-state index contributed by atoms with van der Waals surface area (Å²) in [5.74, 6) is -49.4. The van der Waals surface area contributed by atoms with E-state index >= 15 is 0 Å². The highest BCUT2D eigenvalue weighted by atomic mass is 32.2. The van der Waals surface area contributed by atoms with Gasteiger partial charge in [-0.05, 0) is 38.1 Å². The molecule has 0 amide bonds. The Hall–Kier alpha value is -1.91. The smallest absolute Gasteiger partial charge is 0.460 e. The average molecular weight is 682 g/mol. The molecular weight excluding hydrogens is 667 g/mol. The molecule has 0 fully saturated rings. The Balaban J connectivity index is 0.00000110. The lowest BCUT2D eigenvalue weighted by molar-refractivity contribution is -0.458. The summed E-state index contributed by atoms with van der Waals surface area (Å²) >= 11 is 0. The van der Waals surface area contributed by atoms with Gasteiger partial charge in [0.25, 0.3) is 0 Å². The zero-order valence-corrected chi connectivity index (χ0v) is 21.3. The maximum Gasteiger partial charge on any atom is 0.460 e. The predicted molar refractivity (Wildman–Crippen MR) is 105 cm³/mol. The summed E-state index contributed by atoms with van der Waals surface area (Å²) in [6.07, 6.45) is -7.89. The van der Waals surface area contributed by atoms with Crippen molar-refractivity contribution in [3.8, 4) is 5.75 Å². The fourth-order valence-electron chi connectivity index (χ4n) is 2.48. The molecule has 0 aliphatic rings. The molecule has 0 aromatic heterocycles. The van der Waals surface area contributed by atoms with Crippen molar-refractivity contribution >= 4 is 21.0 Å². The van der Waals surface area contributed by atoms with Crippen LogP contribution in [-0.2, 0) is 21.0 Å². The van der Waals surface area contributed by atoms with E-state index in [0.29, 0.717) is 16.6 Å². The van der Waals surface area contributed by atoms with E-state index in [1.807, 2.05) is 12.1 Å². The van der Waals surface area contributed by atoms with Gasteiger partial charge < -0.3 is 9.66 Å². The standard InChI is InChI=1S/C10H14OS.C8HF17O3S/c1-3-12(4-2)10-7-5-9(11)6-8-10;9-1(10,3(13,14)5(17,18)7(21,22)23)2(11,12)4(15,16)6(19,20)8(24,25)29(26,27)28/h5-8H,3-4H2,1-2H3;(H,26,27,28). The molecule has 0 unspecified atom stereocenters. The molecule has 1 rings (SSSR count). The second-order valence-corrected chi connectivity index (χ2v) is 11.5. The van der Waals surface area contributed by atoms with Crippen LogP contribution in [0.2, 0.25) is 0 Å². The second kappa shape index (κ2) is 11.6. The van der Waals surface area contributed by atoms with Crippen LogP contribution < -0.4 is 0 Å². The van der Waals surface area contributed by atoms with E-state index in [2.05, 4.69) is 13.8 Å². The molecule has 0 spiro atoms. The Morgan fingerprint density at radius 2 is 0.902 bits per heavy atom. The molecule has 0 saturated carbocycles. The van der Waals surface area contributed by atoms with Crippen LogP contribution in [0.1, 0.15) is 13.8 Å². The van der Waals surface area contributed by atoms with Crippen molar-refractivity contribution in [2.45, 2.75) is 65.7 Å². The van der Waals surface area contributed by atoms with E-state index < -0.39 is 57.1 Å². The van der Waals surface area contributed by atoms with Gasteiger partial charge in [-0.25, -0.2) is 8.42 Å². The lowest BCUT2D eigenvalue weighted by Gasteiger charge is -2.42. The van der Waals surface area contributed by atoms with E-state index in [9.17, 15) is 87.6 Å². The van der Waals surface area contributed by atoms with Gasteiger partial charge in [0.15, 0.2) is 15.0 Å². The van der Waals surface area contributed by atoms with Crippen LogP contribution in [0.25, 0.3) is 0 Å². The first-order valence-corrected chi connectivity index (χ1v) is 12.9. The van der Waals surface area contributed by atoms with Gasteiger partial charge in [-0.1, -0.05) is 0 Å². The molecule has 242 valence electrons. The van der Waals surface area contributed by atoms with Gasteiger partial charge in [-0.2, -0.15) is 74.6 Å². The fraction of sp³-hybridized carbons (Fsp3) is 0.667. The van der Waals surface area contributed by atoms with Crippen LogP contribution >= 0.6 is 0 Å². The number of benzene rings is 1. The number of alkyl halides is 17. The van der Waals surface area contributed by atoms with Crippen LogP contribution in [-0.4, -0.2) is 76.5 Å². The van der Waals surface area contributed by atoms with Crippen molar-refractivity contribution in [2.75, 3.05) is 11.5 Å². The molecule has 23 heteroatoms. The average Bonchev–Trinajstić information content (AvgIpc) is 2.79. The predicted octanol–water partition coefficient (Wildman–Crippen LogP) is 6.91.